The summed E-state index contributed by atoms with van der Waals surface area (Å²) >= 11 is 4.91. The van der Waals surface area contributed by atoms with E-state index >= 15 is 0 Å². The number of amides is 1. The minimum atomic E-state index is -1.07. The number of carboxylic acid groups (broad SMARTS) is 1. The van der Waals surface area contributed by atoms with Gasteiger partial charge >= 0.3 is 5.97 Å². The topological polar surface area (TPSA) is 66.4 Å². The van der Waals surface area contributed by atoms with Crippen LogP contribution in [0, 0.1) is 0 Å². The first kappa shape index (κ1) is 16.7. The molecule has 1 atom stereocenters. The molecule has 0 saturated carbocycles. The monoisotopic (exact) mass is 403 g/mol. The van der Waals surface area contributed by atoms with Crippen molar-refractivity contribution in [2.45, 2.75) is 12.5 Å². The molecule has 3 aromatic rings. The maximum absolute atomic E-state index is 12.4. The van der Waals surface area contributed by atoms with Gasteiger partial charge in [0.15, 0.2) is 6.04 Å². The van der Waals surface area contributed by atoms with Gasteiger partial charge in [0.1, 0.15) is 0 Å². The lowest BCUT2D eigenvalue weighted by Crippen LogP contribution is -2.34. The minimum Gasteiger partial charge on any atom is -0.479 e. The summed E-state index contributed by atoms with van der Waals surface area (Å²) in [5, 5.41) is 17.5. The number of fused-ring (bicyclic) bond motifs is 1. The number of hydrogen-bond acceptors (Lipinski definition) is 3. The molecule has 3 rings (SSSR count). The van der Waals surface area contributed by atoms with Crippen molar-refractivity contribution in [1.29, 1.82) is 0 Å². The number of carboxylic acids is 1. The molecule has 0 saturated heterocycles. The smallest absolute Gasteiger partial charge is 0.330 e. The fraction of sp³-hybridized carbons (Fsp3) is 0.111. The minimum absolute atomic E-state index is 0.127. The maximum Gasteiger partial charge on any atom is 0.330 e. The summed E-state index contributed by atoms with van der Waals surface area (Å²) in [7, 11) is 0. The Morgan fingerprint density at radius 1 is 1.12 bits per heavy atom. The Morgan fingerprint density at radius 3 is 2.54 bits per heavy atom. The molecule has 0 spiro atoms. The molecule has 1 aromatic heterocycles. The van der Waals surface area contributed by atoms with Crippen molar-refractivity contribution in [1.82, 2.24) is 5.32 Å². The Morgan fingerprint density at radius 2 is 1.88 bits per heavy atom. The van der Waals surface area contributed by atoms with Crippen LogP contribution < -0.4 is 5.32 Å². The highest BCUT2D eigenvalue weighted by atomic mass is 79.9. The molecule has 2 aromatic carbocycles. The van der Waals surface area contributed by atoms with Crippen molar-refractivity contribution in [3.05, 3.63) is 68.8 Å². The van der Waals surface area contributed by atoms with Crippen LogP contribution >= 0.6 is 27.3 Å². The molecule has 0 aliphatic heterocycles. The van der Waals surface area contributed by atoms with E-state index in [0.29, 0.717) is 5.56 Å². The van der Waals surface area contributed by atoms with E-state index < -0.39 is 12.0 Å². The molecule has 0 aliphatic rings. The van der Waals surface area contributed by atoms with Crippen LogP contribution in [-0.4, -0.2) is 17.0 Å². The standard InChI is InChI=1S/C18H14BrNO3S/c19-15-6-5-11(13-3-1-2-4-14(13)15)9-16(21)20-17(18(22)23)12-7-8-24-10-12/h1-8,10,17H,9H2,(H,20,21)(H,22,23). The van der Waals surface area contributed by atoms with Crippen LogP contribution in [0.2, 0.25) is 0 Å². The maximum atomic E-state index is 12.4. The van der Waals surface area contributed by atoms with Crippen LogP contribution in [0.4, 0.5) is 0 Å². The van der Waals surface area contributed by atoms with Gasteiger partial charge in [0.05, 0.1) is 6.42 Å². The molecule has 1 amide bonds. The summed E-state index contributed by atoms with van der Waals surface area (Å²) < 4.78 is 0.962. The summed E-state index contributed by atoms with van der Waals surface area (Å²) in [6.07, 6.45) is 0.127. The van der Waals surface area contributed by atoms with Gasteiger partial charge in [-0.05, 0) is 44.8 Å². The van der Waals surface area contributed by atoms with Crippen LogP contribution in [0.1, 0.15) is 17.2 Å². The largest absolute Gasteiger partial charge is 0.479 e. The second kappa shape index (κ2) is 7.15. The molecule has 1 heterocycles. The van der Waals surface area contributed by atoms with Gasteiger partial charge in [0.25, 0.3) is 0 Å². The summed E-state index contributed by atoms with van der Waals surface area (Å²) in [5.41, 5.74) is 1.45. The van der Waals surface area contributed by atoms with Gasteiger partial charge in [0.2, 0.25) is 5.91 Å². The number of carbonyl (C=O) groups is 2. The van der Waals surface area contributed by atoms with Gasteiger partial charge in [0, 0.05) is 4.47 Å². The zero-order valence-electron chi connectivity index (χ0n) is 12.5. The van der Waals surface area contributed by atoms with Crippen molar-refractivity contribution in [3.8, 4) is 0 Å². The van der Waals surface area contributed by atoms with Crippen LogP contribution in [0.3, 0.4) is 0 Å². The Hall–Kier alpha value is -2.18. The van der Waals surface area contributed by atoms with Crippen molar-refractivity contribution in [2.24, 2.45) is 0 Å². The predicted molar refractivity (Wildman–Crippen MR) is 98.2 cm³/mol. The molecule has 2 N–H and O–H groups in total. The molecule has 0 radical (unpaired) electrons. The lowest BCUT2D eigenvalue weighted by molar-refractivity contribution is -0.141. The molecule has 0 fully saturated rings. The molecule has 6 heteroatoms. The van der Waals surface area contributed by atoms with E-state index in [1.807, 2.05) is 36.4 Å². The van der Waals surface area contributed by atoms with E-state index in [4.69, 9.17) is 0 Å². The van der Waals surface area contributed by atoms with Crippen LogP contribution in [0.15, 0.2) is 57.7 Å². The third-order valence-corrected chi connectivity index (χ3v) is 5.13. The normalized spacial score (nSPS) is 12.0. The number of halogens is 1. The number of aliphatic carboxylic acids is 1. The molecule has 4 nitrogen and oxygen atoms in total. The van der Waals surface area contributed by atoms with E-state index in [-0.39, 0.29) is 12.3 Å². The molecule has 122 valence electrons. The van der Waals surface area contributed by atoms with Gasteiger partial charge in [-0.25, -0.2) is 4.79 Å². The zero-order chi connectivity index (χ0) is 17.1. The Bertz CT molecular complexity index is 892. The molecule has 0 bridgehead atoms. The van der Waals surface area contributed by atoms with E-state index in [1.165, 1.54) is 11.3 Å². The van der Waals surface area contributed by atoms with E-state index in [9.17, 15) is 14.7 Å². The fourth-order valence-corrected chi connectivity index (χ4v) is 3.75. The van der Waals surface area contributed by atoms with Crippen LogP contribution in [0.5, 0.6) is 0 Å². The van der Waals surface area contributed by atoms with Gasteiger partial charge in [-0.1, -0.05) is 46.3 Å². The fourth-order valence-electron chi connectivity index (χ4n) is 2.59. The highest BCUT2D eigenvalue weighted by Gasteiger charge is 2.22. The summed E-state index contributed by atoms with van der Waals surface area (Å²) in [6, 6.07) is 12.3. The SMILES string of the molecule is O=C(Cc1ccc(Br)c2ccccc12)NC(C(=O)O)c1ccsc1. The number of nitrogens with one attached hydrogen (secondary N) is 1. The summed E-state index contributed by atoms with van der Waals surface area (Å²) in [5.74, 6) is -1.39. The van der Waals surface area contributed by atoms with E-state index in [0.717, 1.165) is 20.8 Å². The average Bonchev–Trinajstić information content (AvgIpc) is 3.09. The van der Waals surface area contributed by atoms with E-state index in [2.05, 4.69) is 21.2 Å². The van der Waals surface area contributed by atoms with Crippen molar-refractivity contribution >= 4 is 49.9 Å². The highest BCUT2D eigenvalue weighted by Crippen LogP contribution is 2.27. The summed E-state index contributed by atoms with van der Waals surface area (Å²) in [4.78, 5) is 23.8. The lowest BCUT2D eigenvalue weighted by atomic mass is 10.0. The predicted octanol–water partition coefficient (Wildman–Crippen LogP) is 4.15. The Kier molecular flexibility index (Phi) is 4.97. The molecular weight excluding hydrogens is 390 g/mol. The molecule has 1 unspecified atom stereocenters. The van der Waals surface area contributed by atoms with Gasteiger partial charge in [-0.15, -0.1) is 0 Å². The van der Waals surface area contributed by atoms with Crippen molar-refractivity contribution in [3.63, 3.8) is 0 Å². The lowest BCUT2D eigenvalue weighted by Gasteiger charge is -2.14. The van der Waals surface area contributed by atoms with Gasteiger partial charge < -0.3 is 10.4 Å². The highest BCUT2D eigenvalue weighted by molar-refractivity contribution is 9.10. The second-order valence-corrected chi connectivity index (χ2v) is 6.96. The first-order valence-corrected chi connectivity index (χ1v) is 9.00. The Labute approximate surface area is 151 Å². The molecular formula is C18H14BrNO3S. The Balaban J connectivity index is 1.83. The van der Waals surface area contributed by atoms with Crippen molar-refractivity contribution < 1.29 is 14.7 Å². The molecule has 0 aliphatic carbocycles. The van der Waals surface area contributed by atoms with Gasteiger partial charge in [-0.2, -0.15) is 11.3 Å². The number of hydrogen-bond donors (Lipinski definition) is 2. The first-order valence-electron chi connectivity index (χ1n) is 7.26. The quantitative estimate of drug-likeness (QED) is 0.672. The molecule has 24 heavy (non-hydrogen) atoms. The first-order chi connectivity index (χ1) is 11.6. The van der Waals surface area contributed by atoms with Crippen LogP contribution in [0.25, 0.3) is 10.8 Å². The third kappa shape index (κ3) is 3.49. The van der Waals surface area contributed by atoms with E-state index in [1.54, 1.807) is 16.8 Å². The summed E-state index contributed by atoms with van der Waals surface area (Å²) in [6.45, 7) is 0. The number of benzene rings is 2. The zero-order valence-corrected chi connectivity index (χ0v) is 14.9. The van der Waals surface area contributed by atoms with Gasteiger partial charge in [-0.3, -0.25) is 4.79 Å². The average molecular weight is 404 g/mol. The van der Waals surface area contributed by atoms with Crippen LogP contribution in [-0.2, 0) is 16.0 Å². The second-order valence-electron chi connectivity index (χ2n) is 5.32. The van der Waals surface area contributed by atoms with Crippen molar-refractivity contribution in [2.75, 3.05) is 0 Å². The number of rotatable bonds is 5. The number of thiophene rings is 1. The number of carbonyl (C=O) groups excluding carboxylic acids is 1. The third-order valence-electron chi connectivity index (χ3n) is 3.74.